The lowest BCUT2D eigenvalue weighted by Crippen LogP contribution is -2.47. The summed E-state index contributed by atoms with van der Waals surface area (Å²) in [5, 5.41) is 4.03. The van der Waals surface area contributed by atoms with Gasteiger partial charge in [0.25, 0.3) is 0 Å². The van der Waals surface area contributed by atoms with Crippen LogP contribution in [0.2, 0.25) is 0 Å². The Labute approximate surface area is 108 Å². The van der Waals surface area contributed by atoms with Gasteiger partial charge in [0.2, 0.25) is 5.91 Å². The van der Waals surface area contributed by atoms with Crippen LogP contribution in [0.25, 0.3) is 0 Å². The standard InChI is InChI=1S/C12H13F3N2O2/c1-7-5-3-4-6-9(7)17-10(18)8(2)16-11(19)12(13,14)15/h3-6,8H,1-2H3,(H,16,19)(H,17,18)/t8-/m1/s1. The number of carbonyl (C=O) groups excluding carboxylic acids is 2. The van der Waals surface area contributed by atoms with Crippen LogP contribution in [0.1, 0.15) is 12.5 Å². The van der Waals surface area contributed by atoms with Crippen molar-refractivity contribution in [2.75, 3.05) is 5.32 Å². The summed E-state index contributed by atoms with van der Waals surface area (Å²) in [4.78, 5) is 22.3. The Morgan fingerprint density at radius 2 is 1.79 bits per heavy atom. The number of amides is 2. The van der Waals surface area contributed by atoms with Crippen molar-refractivity contribution in [3.8, 4) is 0 Å². The van der Waals surface area contributed by atoms with Gasteiger partial charge in [-0.3, -0.25) is 9.59 Å². The van der Waals surface area contributed by atoms with Crippen LogP contribution < -0.4 is 10.6 Å². The molecule has 7 heteroatoms. The largest absolute Gasteiger partial charge is 0.471 e. The lowest BCUT2D eigenvalue weighted by Gasteiger charge is -2.16. The smallest absolute Gasteiger partial charge is 0.337 e. The highest BCUT2D eigenvalue weighted by Crippen LogP contribution is 2.15. The molecule has 0 aromatic heterocycles. The van der Waals surface area contributed by atoms with Crippen LogP contribution in [0.5, 0.6) is 0 Å². The summed E-state index contributed by atoms with van der Waals surface area (Å²) >= 11 is 0. The number of halogens is 3. The lowest BCUT2D eigenvalue weighted by molar-refractivity contribution is -0.174. The van der Waals surface area contributed by atoms with E-state index in [9.17, 15) is 22.8 Å². The molecule has 0 heterocycles. The lowest BCUT2D eigenvalue weighted by atomic mass is 10.2. The van der Waals surface area contributed by atoms with E-state index in [1.54, 1.807) is 36.5 Å². The van der Waals surface area contributed by atoms with Crippen LogP contribution >= 0.6 is 0 Å². The second kappa shape index (κ2) is 5.73. The van der Waals surface area contributed by atoms with E-state index in [-0.39, 0.29) is 0 Å². The molecule has 0 spiro atoms. The van der Waals surface area contributed by atoms with Crippen LogP contribution in [-0.4, -0.2) is 24.0 Å². The summed E-state index contributed by atoms with van der Waals surface area (Å²) in [5.41, 5.74) is 1.26. The van der Waals surface area contributed by atoms with Crippen LogP contribution in [0.15, 0.2) is 24.3 Å². The summed E-state index contributed by atoms with van der Waals surface area (Å²) in [7, 11) is 0. The zero-order valence-electron chi connectivity index (χ0n) is 10.3. The van der Waals surface area contributed by atoms with Crippen LogP contribution in [0.4, 0.5) is 18.9 Å². The number of hydrogen-bond acceptors (Lipinski definition) is 2. The Morgan fingerprint density at radius 3 is 2.32 bits per heavy atom. The maximum Gasteiger partial charge on any atom is 0.471 e. The molecule has 1 atom stereocenters. The van der Waals surface area contributed by atoms with Gasteiger partial charge in [0.05, 0.1) is 0 Å². The molecule has 2 amide bonds. The van der Waals surface area contributed by atoms with Gasteiger partial charge in [0, 0.05) is 5.69 Å². The van der Waals surface area contributed by atoms with Gasteiger partial charge in [-0.05, 0) is 25.5 Å². The first-order chi connectivity index (χ1) is 8.71. The summed E-state index contributed by atoms with van der Waals surface area (Å²) in [5.74, 6) is -2.85. The van der Waals surface area contributed by atoms with E-state index in [0.29, 0.717) is 5.69 Å². The molecule has 19 heavy (non-hydrogen) atoms. The summed E-state index contributed by atoms with van der Waals surface area (Å²) in [6.07, 6.45) is -5.00. The molecule has 0 unspecified atom stereocenters. The maximum absolute atomic E-state index is 12.0. The Balaban J connectivity index is 2.64. The fraction of sp³-hybridized carbons (Fsp3) is 0.333. The minimum Gasteiger partial charge on any atom is -0.337 e. The van der Waals surface area contributed by atoms with Gasteiger partial charge >= 0.3 is 12.1 Å². The number of benzene rings is 1. The predicted molar refractivity (Wildman–Crippen MR) is 63.5 cm³/mol. The Kier molecular flexibility index (Phi) is 4.52. The molecule has 2 N–H and O–H groups in total. The molecule has 1 rings (SSSR count). The molecule has 0 radical (unpaired) electrons. The maximum atomic E-state index is 12.0. The summed E-state index contributed by atoms with van der Waals surface area (Å²) in [6, 6.07) is 5.52. The zero-order chi connectivity index (χ0) is 14.6. The van der Waals surface area contributed by atoms with E-state index in [2.05, 4.69) is 5.32 Å². The van der Waals surface area contributed by atoms with Gasteiger partial charge in [-0.25, -0.2) is 0 Å². The molecule has 0 aliphatic carbocycles. The van der Waals surface area contributed by atoms with E-state index < -0.39 is 24.0 Å². The second-order valence-electron chi connectivity index (χ2n) is 4.00. The minimum absolute atomic E-state index is 0.487. The van der Waals surface area contributed by atoms with E-state index in [1.807, 2.05) is 0 Å². The molecule has 4 nitrogen and oxygen atoms in total. The fourth-order valence-electron chi connectivity index (χ4n) is 1.30. The van der Waals surface area contributed by atoms with Crippen LogP contribution in [0.3, 0.4) is 0 Å². The number of para-hydroxylation sites is 1. The van der Waals surface area contributed by atoms with E-state index >= 15 is 0 Å². The molecule has 0 saturated carbocycles. The Hall–Kier alpha value is -2.05. The van der Waals surface area contributed by atoms with Gasteiger partial charge < -0.3 is 10.6 Å². The summed E-state index contributed by atoms with van der Waals surface area (Å²) < 4.78 is 36.1. The molecule has 0 bridgehead atoms. The van der Waals surface area contributed by atoms with Crippen molar-refractivity contribution in [1.29, 1.82) is 0 Å². The second-order valence-corrected chi connectivity index (χ2v) is 4.00. The van der Waals surface area contributed by atoms with E-state index in [4.69, 9.17) is 0 Å². The SMILES string of the molecule is Cc1ccccc1NC(=O)[C@@H](C)NC(=O)C(F)(F)F. The molecular formula is C12H13F3N2O2. The molecule has 0 aliphatic heterocycles. The van der Waals surface area contributed by atoms with Crippen molar-refractivity contribution in [3.05, 3.63) is 29.8 Å². The Bertz CT molecular complexity index is 486. The predicted octanol–water partition coefficient (Wildman–Crippen LogP) is 2.00. The normalized spacial score (nSPS) is 12.7. The highest BCUT2D eigenvalue weighted by Gasteiger charge is 2.40. The van der Waals surface area contributed by atoms with Crippen molar-refractivity contribution < 1.29 is 22.8 Å². The zero-order valence-corrected chi connectivity index (χ0v) is 10.3. The molecule has 0 saturated heterocycles. The van der Waals surface area contributed by atoms with Gasteiger partial charge in [0.15, 0.2) is 0 Å². The van der Waals surface area contributed by atoms with Gasteiger partial charge in [-0.15, -0.1) is 0 Å². The molecule has 0 aliphatic rings. The molecule has 0 fully saturated rings. The monoisotopic (exact) mass is 274 g/mol. The molecule has 1 aromatic carbocycles. The topological polar surface area (TPSA) is 58.2 Å². The average molecular weight is 274 g/mol. The first-order valence-corrected chi connectivity index (χ1v) is 5.46. The van der Waals surface area contributed by atoms with Crippen molar-refractivity contribution in [3.63, 3.8) is 0 Å². The summed E-state index contributed by atoms with van der Waals surface area (Å²) in [6.45, 7) is 2.92. The first-order valence-electron chi connectivity index (χ1n) is 5.46. The van der Waals surface area contributed by atoms with Crippen molar-refractivity contribution in [2.24, 2.45) is 0 Å². The highest BCUT2D eigenvalue weighted by atomic mass is 19.4. The third-order valence-corrected chi connectivity index (χ3v) is 2.40. The van der Waals surface area contributed by atoms with E-state index in [1.165, 1.54) is 6.92 Å². The van der Waals surface area contributed by atoms with Crippen LogP contribution in [0, 0.1) is 6.92 Å². The van der Waals surface area contributed by atoms with E-state index in [0.717, 1.165) is 5.56 Å². The van der Waals surface area contributed by atoms with Gasteiger partial charge in [-0.1, -0.05) is 18.2 Å². The molecule has 104 valence electrons. The highest BCUT2D eigenvalue weighted by molar-refractivity contribution is 5.98. The average Bonchev–Trinajstić information content (AvgIpc) is 2.30. The Morgan fingerprint density at radius 1 is 1.21 bits per heavy atom. The third-order valence-electron chi connectivity index (χ3n) is 2.40. The quantitative estimate of drug-likeness (QED) is 0.885. The van der Waals surface area contributed by atoms with Crippen LogP contribution in [-0.2, 0) is 9.59 Å². The van der Waals surface area contributed by atoms with Crippen molar-refractivity contribution >= 4 is 17.5 Å². The van der Waals surface area contributed by atoms with Crippen molar-refractivity contribution in [2.45, 2.75) is 26.1 Å². The number of anilines is 1. The molecule has 1 aromatic rings. The van der Waals surface area contributed by atoms with Gasteiger partial charge in [0.1, 0.15) is 6.04 Å². The number of alkyl halides is 3. The number of nitrogens with one attached hydrogen (secondary N) is 2. The fourth-order valence-corrected chi connectivity index (χ4v) is 1.30. The minimum atomic E-state index is -5.00. The number of carbonyl (C=O) groups is 2. The number of hydrogen-bond donors (Lipinski definition) is 2. The van der Waals surface area contributed by atoms with Gasteiger partial charge in [-0.2, -0.15) is 13.2 Å². The third kappa shape index (κ3) is 4.27. The van der Waals surface area contributed by atoms with Crippen molar-refractivity contribution in [1.82, 2.24) is 5.32 Å². The number of rotatable bonds is 3. The first kappa shape index (κ1) is 15.0. The molecular weight excluding hydrogens is 261 g/mol. The number of aryl methyl sites for hydroxylation is 1.